The van der Waals surface area contributed by atoms with E-state index in [0.29, 0.717) is 44.5 Å². The van der Waals surface area contributed by atoms with Crippen LogP contribution in [0.5, 0.6) is 0 Å². The number of aromatic nitrogens is 2. The van der Waals surface area contributed by atoms with E-state index in [1.807, 2.05) is 18.2 Å². The summed E-state index contributed by atoms with van der Waals surface area (Å²) < 4.78 is 10.9. The minimum absolute atomic E-state index is 0.172. The lowest BCUT2D eigenvalue weighted by atomic mass is 9.84. The van der Waals surface area contributed by atoms with Gasteiger partial charge in [-0.2, -0.15) is 0 Å². The summed E-state index contributed by atoms with van der Waals surface area (Å²) >= 11 is 12.9. The summed E-state index contributed by atoms with van der Waals surface area (Å²) in [5.74, 6) is 0.926. The van der Waals surface area contributed by atoms with E-state index >= 15 is 0 Å². The van der Waals surface area contributed by atoms with Crippen LogP contribution in [0.1, 0.15) is 22.6 Å². The predicted molar refractivity (Wildman–Crippen MR) is 141 cm³/mol. The second kappa shape index (κ2) is 12.6. The van der Waals surface area contributed by atoms with E-state index in [1.165, 1.54) is 11.1 Å². The Kier molecular flexibility index (Phi) is 9.31. The van der Waals surface area contributed by atoms with Gasteiger partial charge in [0.15, 0.2) is 0 Å². The number of hydrogen-bond donors (Lipinski definition) is 2. The molecule has 9 heteroatoms. The molecule has 186 valence electrons. The molecule has 2 heterocycles. The fourth-order valence-electron chi connectivity index (χ4n) is 4.31. The number of rotatable bonds is 11. The molecule has 0 saturated heterocycles. The number of likely N-dealkylation sites (N-methyl/N-ethyl adjacent to an activating group) is 1. The van der Waals surface area contributed by atoms with Gasteiger partial charge in [0.2, 0.25) is 0 Å². The van der Waals surface area contributed by atoms with Crippen LogP contribution >= 0.6 is 23.2 Å². The van der Waals surface area contributed by atoms with E-state index in [9.17, 15) is 0 Å². The lowest BCUT2D eigenvalue weighted by Crippen LogP contribution is -2.31. The fourth-order valence-corrected chi connectivity index (χ4v) is 4.88. The second-order valence-corrected chi connectivity index (χ2v) is 9.40. The van der Waals surface area contributed by atoms with E-state index in [1.54, 1.807) is 6.33 Å². The van der Waals surface area contributed by atoms with Crippen molar-refractivity contribution in [3.8, 4) is 11.3 Å². The average Bonchev–Trinajstić information content (AvgIpc) is 2.86. The summed E-state index contributed by atoms with van der Waals surface area (Å²) in [6, 6.07) is 14.3. The standard InChI is InChI=1S/C26H31Cl2N5O2/c1-33-15-22(21-12-20(27)13-24(28)23(21)16-33)18-3-2-4-19(11-18)25-14-26(32-17-31-25)30-6-8-35-10-9-34-7-5-29/h2-4,11-14,17,22H,5-10,15-16,29H2,1H3,(H,30,31,32)/t22-/m0/s1. The van der Waals surface area contributed by atoms with Gasteiger partial charge < -0.3 is 25.4 Å². The first kappa shape index (κ1) is 25.8. The van der Waals surface area contributed by atoms with E-state index in [0.717, 1.165) is 40.8 Å². The summed E-state index contributed by atoms with van der Waals surface area (Å²) in [6.07, 6.45) is 1.58. The van der Waals surface area contributed by atoms with Crippen molar-refractivity contribution >= 4 is 29.0 Å². The van der Waals surface area contributed by atoms with Crippen LogP contribution in [0.3, 0.4) is 0 Å². The number of ether oxygens (including phenoxy) is 2. The van der Waals surface area contributed by atoms with Crippen molar-refractivity contribution in [2.75, 3.05) is 58.4 Å². The molecule has 0 unspecified atom stereocenters. The van der Waals surface area contributed by atoms with Crippen LogP contribution in [0.4, 0.5) is 5.82 Å². The highest BCUT2D eigenvalue weighted by Crippen LogP contribution is 2.39. The molecule has 0 radical (unpaired) electrons. The zero-order chi connectivity index (χ0) is 24.6. The second-order valence-electron chi connectivity index (χ2n) is 8.56. The SMILES string of the molecule is CN1Cc2c(Cl)cc(Cl)cc2[C@H](c2cccc(-c3cc(NCCOCCOCCN)ncn3)c2)C1. The van der Waals surface area contributed by atoms with Crippen molar-refractivity contribution in [2.45, 2.75) is 12.5 Å². The van der Waals surface area contributed by atoms with Crippen molar-refractivity contribution < 1.29 is 9.47 Å². The third-order valence-electron chi connectivity index (χ3n) is 5.93. The minimum Gasteiger partial charge on any atom is -0.378 e. The smallest absolute Gasteiger partial charge is 0.130 e. The molecule has 0 aliphatic carbocycles. The number of fused-ring (bicyclic) bond motifs is 1. The Balaban J connectivity index is 1.45. The van der Waals surface area contributed by atoms with Crippen molar-refractivity contribution in [1.29, 1.82) is 0 Å². The van der Waals surface area contributed by atoms with Gasteiger partial charge in [-0.15, -0.1) is 0 Å². The number of hydrogen-bond acceptors (Lipinski definition) is 7. The highest BCUT2D eigenvalue weighted by atomic mass is 35.5. The Labute approximate surface area is 216 Å². The number of nitrogens with zero attached hydrogens (tertiary/aromatic N) is 3. The van der Waals surface area contributed by atoms with E-state index in [4.69, 9.17) is 38.4 Å². The molecular weight excluding hydrogens is 485 g/mol. The summed E-state index contributed by atoms with van der Waals surface area (Å²) in [7, 11) is 2.12. The van der Waals surface area contributed by atoms with Crippen LogP contribution < -0.4 is 11.1 Å². The monoisotopic (exact) mass is 515 g/mol. The van der Waals surface area contributed by atoms with Gasteiger partial charge in [0, 0.05) is 53.8 Å². The minimum atomic E-state index is 0.172. The molecule has 35 heavy (non-hydrogen) atoms. The van der Waals surface area contributed by atoms with E-state index in [2.05, 4.69) is 51.5 Å². The van der Waals surface area contributed by atoms with Gasteiger partial charge in [0.1, 0.15) is 12.1 Å². The molecule has 3 aromatic rings. The largest absolute Gasteiger partial charge is 0.378 e. The number of nitrogens with one attached hydrogen (secondary N) is 1. The van der Waals surface area contributed by atoms with Crippen LogP contribution in [0.25, 0.3) is 11.3 Å². The average molecular weight is 516 g/mol. The molecule has 0 saturated carbocycles. The maximum absolute atomic E-state index is 6.55. The quantitative estimate of drug-likeness (QED) is 0.365. The van der Waals surface area contributed by atoms with Crippen LogP contribution in [-0.4, -0.2) is 68.0 Å². The number of nitrogens with two attached hydrogens (primary N) is 1. The Bertz CT molecular complexity index is 1130. The maximum Gasteiger partial charge on any atom is 0.130 e. The maximum atomic E-state index is 6.55. The summed E-state index contributed by atoms with van der Waals surface area (Å²) in [5.41, 5.74) is 10.8. The predicted octanol–water partition coefficient (Wildman–Crippen LogP) is 4.43. The highest BCUT2D eigenvalue weighted by molar-refractivity contribution is 6.35. The van der Waals surface area contributed by atoms with Gasteiger partial charge in [-0.1, -0.05) is 41.4 Å². The van der Waals surface area contributed by atoms with Gasteiger partial charge >= 0.3 is 0 Å². The van der Waals surface area contributed by atoms with Crippen molar-refractivity contribution in [2.24, 2.45) is 5.73 Å². The van der Waals surface area contributed by atoms with Crippen LogP contribution in [0.15, 0.2) is 48.8 Å². The van der Waals surface area contributed by atoms with Gasteiger partial charge in [-0.25, -0.2) is 9.97 Å². The molecular formula is C26H31Cl2N5O2. The molecule has 0 bridgehead atoms. The van der Waals surface area contributed by atoms with Crippen molar-refractivity contribution in [3.05, 3.63) is 75.5 Å². The lowest BCUT2D eigenvalue weighted by Gasteiger charge is -2.33. The molecule has 1 atom stereocenters. The first-order valence-electron chi connectivity index (χ1n) is 11.7. The topological polar surface area (TPSA) is 85.5 Å². The number of anilines is 1. The first-order chi connectivity index (χ1) is 17.0. The molecule has 0 fully saturated rings. The van der Waals surface area contributed by atoms with Crippen LogP contribution in [0.2, 0.25) is 10.0 Å². The normalized spacial score (nSPS) is 15.7. The molecule has 1 aromatic heterocycles. The van der Waals surface area contributed by atoms with Crippen LogP contribution in [0, 0.1) is 0 Å². The molecule has 1 aliphatic heterocycles. The van der Waals surface area contributed by atoms with Gasteiger partial charge in [0.05, 0.1) is 32.1 Å². The number of halogens is 2. The summed E-state index contributed by atoms with van der Waals surface area (Å²) in [4.78, 5) is 11.1. The molecule has 3 N–H and O–H groups in total. The number of benzene rings is 2. The zero-order valence-corrected chi connectivity index (χ0v) is 21.4. The lowest BCUT2D eigenvalue weighted by molar-refractivity contribution is 0.0547. The Hall–Kier alpha value is -2.26. The Morgan fingerprint density at radius 1 is 1.06 bits per heavy atom. The highest BCUT2D eigenvalue weighted by Gasteiger charge is 2.27. The molecule has 4 rings (SSSR count). The Morgan fingerprint density at radius 2 is 1.89 bits per heavy atom. The van der Waals surface area contributed by atoms with Crippen molar-refractivity contribution in [1.82, 2.24) is 14.9 Å². The van der Waals surface area contributed by atoms with Crippen LogP contribution in [-0.2, 0) is 16.0 Å². The van der Waals surface area contributed by atoms with Crippen molar-refractivity contribution in [3.63, 3.8) is 0 Å². The van der Waals surface area contributed by atoms with Gasteiger partial charge in [-0.05, 0) is 41.9 Å². The zero-order valence-electron chi connectivity index (χ0n) is 19.8. The Morgan fingerprint density at radius 3 is 2.71 bits per heavy atom. The third-order valence-corrected chi connectivity index (χ3v) is 6.49. The fraction of sp³-hybridized carbons (Fsp3) is 0.385. The summed E-state index contributed by atoms with van der Waals surface area (Å²) in [6.45, 7) is 5.06. The van der Waals surface area contributed by atoms with Gasteiger partial charge in [-0.3, -0.25) is 0 Å². The van der Waals surface area contributed by atoms with E-state index in [-0.39, 0.29) is 5.92 Å². The summed E-state index contributed by atoms with van der Waals surface area (Å²) in [5, 5.41) is 4.68. The van der Waals surface area contributed by atoms with Gasteiger partial charge in [0.25, 0.3) is 0 Å². The van der Waals surface area contributed by atoms with E-state index < -0.39 is 0 Å². The molecule has 2 aromatic carbocycles. The molecule has 0 spiro atoms. The molecule has 7 nitrogen and oxygen atoms in total. The molecule has 1 aliphatic rings. The first-order valence-corrected chi connectivity index (χ1v) is 12.5. The molecule has 0 amide bonds. The third kappa shape index (κ3) is 6.91.